The van der Waals surface area contributed by atoms with Crippen molar-refractivity contribution in [2.45, 2.75) is 6.17 Å². The Morgan fingerprint density at radius 1 is 1.29 bits per heavy atom. The van der Waals surface area contributed by atoms with Gasteiger partial charge in [-0.15, -0.1) is 11.7 Å². The summed E-state index contributed by atoms with van der Waals surface area (Å²) in [6, 6.07) is 11.0. The monoisotopic (exact) mass is 520 g/mol. The summed E-state index contributed by atoms with van der Waals surface area (Å²) in [5.74, 6) is 0.494. The van der Waals surface area contributed by atoms with Gasteiger partial charge in [-0.3, -0.25) is 15.1 Å². The Labute approximate surface area is 182 Å². The van der Waals surface area contributed by atoms with Crippen LogP contribution in [0.15, 0.2) is 68.1 Å². The quantitative estimate of drug-likeness (QED) is 0.609. The normalized spacial score (nSPS) is 17.9. The second-order valence-electron chi connectivity index (χ2n) is 6.01. The van der Waals surface area contributed by atoms with Gasteiger partial charge >= 0.3 is 0 Å². The number of nitrogens with zero attached hydrogens (tertiary/aromatic N) is 3. The number of hydrogen-bond acceptors (Lipinski definition) is 6. The van der Waals surface area contributed by atoms with E-state index in [1.165, 1.54) is 11.8 Å². The van der Waals surface area contributed by atoms with Crippen molar-refractivity contribution in [2.24, 2.45) is 10.1 Å². The van der Waals surface area contributed by atoms with E-state index < -0.39 is 6.17 Å². The van der Waals surface area contributed by atoms with E-state index in [2.05, 4.69) is 48.9 Å². The third-order valence-electron chi connectivity index (χ3n) is 4.19. The Balaban J connectivity index is 1.93. The second kappa shape index (κ2) is 7.73. The number of phenols is 1. The van der Waals surface area contributed by atoms with Crippen LogP contribution in [0.4, 0.5) is 0 Å². The zero-order valence-corrected chi connectivity index (χ0v) is 18.4. The molecule has 28 heavy (non-hydrogen) atoms. The first-order valence-corrected chi connectivity index (χ1v) is 10.8. The van der Waals surface area contributed by atoms with Crippen LogP contribution in [0.2, 0.25) is 0 Å². The van der Waals surface area contributed by atoms with Crippen LogP contribution in [-0.2, 0) is 4.79 Å². The third kappa shape index (κ3) is 3.38. The predicted molar refractivity (Wildman–Crippen MR) is 117 cm³/mol. The van der Waals surface area contributed by atoms with Gasteiger partial charge in [0.15, 0.2) is 11.3 Å². The zero-order valence-electron chi connectivity index (χ0n) is 14.4. The van der Waals surface area contributed by atoms with E-state index >= 15 is 0 Å². The Morgan fingerprint density at radius 3 is 2.71 bits per heavy atom. The summed E-state index contributed by atoms with van der Waals surface area (Å²) < 4.78 is 1.05. The van der Waals surface area contributed by atoms with Gasteiger partial charge in [0, 0.05) is 16.5 Å². The molecule has 0 aromatic heterocycles. The van der Waals surface area contributed by atoms with Crippen molar-refractivity contribution in [3.8, 4) is 5.75 Å². The highest BCUT2D eigenvalue weighted by molar-refractivity contribution is 9.11. The number of hydrazone groups is 1. The van der Waals surface area contributed by atoms with Crippen LogP contribution < -0.4 is 15.9 Å². The van der Waals surface area contributed by atoms with Crippen molar-refractivity contribution in [3.63, 3.8) is 0 Å². The largest absolute Gasteiger partial charge is 0.506 e. The maximum atomic E-state index is 12.9. The fourth-order valence-electron chi connectivity index (χ4n) is 2.98. The summed E-state index contributed by atoms with van der Waals surface area (Å²) in [4.78, 5) is 17.7. The van der Waals surface area contributed by atoms with E-state index in [4.69, 9.17) is 4.99 Å². The van der Waals surface area contributed by atoms with E-state index in [1.807, 2.05) is 24.3 Å². The Bertz CT molecular complexity index is 1130. The number of thioether (sulfide) groups is 1. The number of amides is 1. The molecule has 1 amide bonds. The Hall–Kier alpha value is -2.10. The average molecular weight is 522 g/mol. The molecule has 2 aromatic carbocycles. The molecule has 2 heterocycles. The summed E-state index contributed by atoms with van der Waals surface area (Å²) in [6.45, 7) is 3.71. The van der Waals surface area contributed by atoms with Gasteiger partial charge in [0.1, 0.15) is 11.4 Å². The van der Waals surface area contributed by atoms with Crippen LogP contribution in [0.25, 0.3) is 5.70 Å². The number of benzene rings is 2. The highest BCUT2D eigenvalue weighted by Gasteiger charge is 2.34. The highest BCUT2D eigenvalue weighted by Crippen LogP contribution is 2.38. The first kappa shape index (κ1) is 19.2. The number of rotatable bonds is 3. The van der Waals surface area contributed by atoms with Crippen molar-refractivity contribution in [2.75, 3.05) is 5.75 Å². The standard InChI is InChI=1S/C19H14Br2N4O2S/c1-2-7-28-19-23-18(27)15-11-5-3-4-6-14(11)22-17(25(15)24-19)10-8-12(20)16(26)13(21)9-10/h2-6,8-9,17,26H,1,7H2,(H,23,24,27). The molecular formula is C19H14Br2N4O2S. The van der Waals surface area contributed by atoms with Crippen LogP contribution in [0.5, 0.6) is 5.75 Å². The minimum Gasteiger partial charge on any atom is -0.506 e. The number of amidine groups is 1. The molecule has 4 rings (SSSR count). The molecule has 2 N–H and O–H groups in total. The summed E-state index contributed by atoms with van der Waals surface area (Å²) >= 11 is 8.12. The molecule has 0 saturated heterocycles. The average Bonchev–Trinajstić information content (AvgIpc) is 2.69. The van der Waals surface area contributed by atoms with Crippen molar-refractivity contribution in [1.82, 2.24) is 10.3 Å². The second-order valence-corrected chi connectivity index (χ2v) is 8.72. The van der Waals surface area contributed by atoms with E-state index in [0.29, 0.717) is 30.9 Å². The molecule has 1 unspecified atom stereocenters. The van der Waals surface area contributed by atoms with Crippen LogP contribution in [0.1, 0.15) is 11.7 Å². The van der Waals surface area contributed by atoms with E-state index in [1.54, 1.807) is 23.2 Å². The summed E-state index contributed by atoms with van der Waals surface area (Å²) in [7, 11) is 0. The molecule has 142 valence electrons. The molecule has 6 nitrogen and oxygen atoms in total. The molecule has 0 saturated carbocycles. The number of fused-ring (bicyclic) bond motifs is 2. The van der Waals surface area contributed by atoms with Gasteiger partial charge in [-0.05, 0) is 50.1 Å². The van der Waals surface area contributed by atoms with Crippen molar-refractivity contribution in [3.05, 3.63) is 74.1 Å². The van der Waals surface area contributed by atoms with Gasteiger partial charge in [0.2, 0.25) is 0 Å². The maximum absolute atomic E-state index is 12.9. The lowest BCUT2D eigenvalue weighted by molar-refractivity contribution is -0.116. The van der Waals surface area contributed by atoms with Gasteiger partial charge < -0.3 is 5.11 Å². The van der Waals surface area contributed by atoms with Crippen LogP contribution >= 0.6 is 43.6 Å². The number of phenolic OH excluding ortho intramolecular Hbond substituents is 1. The molecule has 2 aliphatic rings. The Morgan fingerprint density at radius 2 is 2.00 bits per heavy atom. The van der Waals surface area contributed by atoms with Gasteiger partial charge in [-0.1, -0.05) is 36.0 Å². The third-order valence-corrected chi connectivity index (χ3v) is 6.26. The van der Waals surface area contributed by atoms with E-state index in [-0.39, 0.29) is 11.7 Å². The number of para-hydroxylation sites is 1. The van der Waals surface area contributed by atoms with Gasteiger partial charge in [0.05, 0.1) is 14.3 Å². The first-order valence-electron chi connectivity index (χ1n) is 8.27. The van der Waals surface area contributed by atoms with Gasteiger partial charge in [0.25, 0.3) is 5.91 Å². The molecule has 0 bridgehead atoms. The SMILES string of the molecule is C=CCSC1=NN2C(=c3ccccc3=NC2c2cc(Br)c(O)c(Br)c2)C(=O)N1. The van der Waals surface area contributed by atoms with E-state index in [9.17, 15) is 9.90 Å². The smallest absolute Gasteiger partial charge is 0.276 e. The molecule has 0 spiro atoms. The van der Waals surface area contributed by atoms with Crippen molar-refractivity contribution in [1.29, 1.82) is 0 Å². The summed E-state index contributed by atoms with van der Waals surface area (Å²) in [6.07, 6.45) is 1.20. The number of hydrogen-bond donors (Lipinski definition) is 2. The number of aromatic hydroxyl groups is 1. The fourth-order valence-corrected chi connectivity index (χ4v) is 4.79. The van der Waals surface area contributed by atoms with E-state index in [0.717, 1.165) is 10.8 Å². The molecule has 1 atom stereocenters. The lowest BCUT2D eigenvalue weighted by atomic mass is 10.1. The molecule has 2 aromatic rings. The minimum absolute atomic E-state index is 0.103. The molecule has 0 aliphatic carbocycles. The first-order chi connectivity index (χ1) is 13.5. The molecule has 0 fully saturated rings. The number of carbonyl (C=O) groups excluding carboxylic acids is 1. The topological polar surface area (TPSA) is 77.3 Å². The lowest BCUT2D eigenvalue weighted by Crippen LogP contribution is -2.50. The molecule has 2 aliphatic heterocycles. The van der Waals surface area contributed by atoms with Crippen molar-refractivity contribution < 1.29 is 9.90 Å². The number of carbonyl (C=O) groups is 1. The van der Waals surface area contributed by atoms with Crippen molar-refractivity contribution >= 4 is 60.4 Å². The number of nitrogens with one attached hydrogen (secondary N) is 1. The highest BCUT2D eigenvalue weighted by atomic mass is 79.9. The maximum Gasteiger partial charge on any atom is 0.276 e. The molecule has 9 heteroatoms. The number of halogens is 2. The Kier molecular flexibility index (Phi) is 5.31. The van der Waals surface area contributed by atoms with Gasteiger partial charge in [-0.25, -0.2) is 5.01 Å². The summed E-state index contributed by atoms with van der Waals surface area (Å²) in [5, 5.41) is 21.1. The summed E-state index contributed by atoms with van der Waals surface area (Å²) in [5.41, 5.74) is 1.22. The molecule has 0 radical (unpaired) electrons. The molecular weight excluding hydrogens is 508 g/mol. The fraction of sp³-hybridized carbons (Fsp3) is 0.105. The van der Waals surface area contributed by atoms with Crippen LogP contribution in [-0.4, -0.2) is 26.9 Å². The van der Waals surface area contributed by atoms with Gasteiger partial charge in [-0.2, -0.15) is 0 Å². The van der Waals surface area contributed by atoms with Crippen LogP contribution in [0, 0.1) is 0 Å². The predicted octanol–water partition coefficient (Wildman–Crippen LogP) is 2.98. The minimum atomic E-state index is -0.552. The van der Waals surface area contributed by atoms with Crippen LogP contribution in [0.3, 0.4) is 0 Å². The zero-order chi connectivity index (χ0) is 19.8. The lowest BCUT2D eigenvalue weighted by Gasteiger charge is -2.34.